The van der Waals surface area contributed by atoms with Crippen molar-refractivity contribution in [1.29, 1.82) is 0 Å². The Morgan fingerprint density at radius 2 is 0.792 bits per heavy atom. The van der Waals surface area contributed by atoms with Gasteiger partial charge >= 0.3 is 0 Å². The van der Waals surface area contributed by atoms with Gasteiger partial charge in [0.05, 0.1) is 0 Å². The molecule has 0 N–H and O–H groups in total. The molecule has 0 radical (unpaired) electrons. The number of fused-ring (bicyclic) bond motifs is 4. The molecule has 53 heavy (non-hydrogen) atoms. The highest BCUT2D eigenvalue weighted by molar-refractivity contribution is 6.21. The molecule has 1 heterocycles. The molecular weight excluding hydrogens is 639 g/mol. The Labute approximate surface area is 309 Å². The summed E-state index contributed by atoms with van der Waals surface area (Å²) in [6.45, 7) is 0. The lowest BCUT2D eigenvalue weighted by molar-refractivity contribution is 1.15. The van der Waals surface area contributed by atoms with Gasteiger partial charge in [-0.25, -0.2) is 0 Å². The van der Waals surface area contributed by atoms with Gasteiger partial charge in [-0.1, -0.05) is 182 Å². The Kier molecular flexibility index (Phi) is 7.62. The second kappa shape index (κ2) is 13.1. The standard InChI is InChI=1S/C52H35N/c1-3-15-43-37(11-1)13-7-19-45(43)39-22-26-41(27-23-39)51-47-17-5-6-18-48(47)52(50-33-35(21-30-49(50)51)32-36-10-9-31-53-34-36)42-28-24-40(25-29-42)46-20-8-14-38-12-2-4-16-44(38)46/h1-31,33-34H,32H2. The quantitative estimate of drug-likeness (QED) is 0.160. The van der Waals surface area contributed by atoms with Gasteiger partial charge in [0, 0.05) is 12.4 Å². The first-order valence-corrected chi connectivity index (χ1v) is 18.3. The molecule has 0 atom stereocenters. The van der Waals surface area contributed by atoms with Crippen LogP contribution in [0.2, 0.25) is 0 Å². The zero-order valence-corrected chi connectivity index (χ0v) is 29.2. The van der Waals surface area contributed by atoms with Gasteiger partial charge in [0.25, 0.3) is 0 Å². The molecule has 0 saturated carbocycles. The van der Waals surface area contributed by atoms with Crippen molar-refractivity contribution in [2.45, 2.75) is 6.42 Å². The number of nitrogens with zero attached hydrogens (tertiary/aromatic N) is 1. The Morgan fingerprint density at radius 3 is 1.34 bits per heavy atom. The molecule has 0 spiro atoms. The Bertz CT molecular complexity index is 2930. The topological polar surface area (TPSA) is 12.9 Å². The maximum Gasteiger partial charge on any atom is 0.0303 e. The minimum atomic E-state index is 0.825. The Balaban J connectivity index is 1.16. The van der Waals surface area contributed by atoms with Crippen LogP contribution in [0, 0.1) is 0 Å². The molecule has 1 aromatic heterocycles. The highest BCUT2D eigenvalue weighted by Crippen LogP contribution is 2.45. The summed E-state index contributed by atoms with van der Waals surface area (Å²) in [7, 11) is 0. The van der Waals surface area contributed by atoms with Crippen LogP contribution >= 0.6 is 0 Å². The first kappa shape index (κ1) is 30.9. The van der Waals surface area contributed by atoms with Crippen LogP contribution in [0.25, 0.3) is 87.6 Å². The van der Waals surface area contributed by atoms with Crippen LogP contribution in [0.3, 0.4) is 0 Å². The number of benzene rings is 9. The lowest BCUT2D eigenvalue weighted by Crippen LogP contribution is -1.94. The van der Waals surface area contributed by atoms with Crippen molar-refractivity contribution < 1.29 is 0 Å². The minimum absolute atomic E-state index is 0.825. The summed E-state index contributed by atoms with van der Waals surface area (Å²) in [5.41, 5.74) is 12.4. The summed E-state index contributed by atoms with van der Waals surface area (Å²) in [5, 5.41) is 10.1. The predicted octanol–water partition coefficient (Wildman–Crippen LogP) is 14.0. The van der Waals surface area contributed by atoms with Crippen molar-refractivity contribution in [2.24, 2.45) is 0 Å². The summed E-state index contributed by atoms with van der Waals surface area (Å²) < 4.78 is 0. The SMILES string of the molecule is c1cncc(Cc2ccc3c(-c4ccc(-c5cccc6ccccc56)cc4)c4ccccc4c(-c4ccc(-c5cccc6ccccc56)cc4)c3c2)c1. The number of aromatic nitrogens is 1. The summed E-state index contributed by atoms with van der Waals surface area (Å²) in [5.74, 6) is 0. The van der Waals surface area contributed by atoms with Gasteiger partial charge in [0.15, 0.2) is 0 Å². The van der Waals surface area contributed by atoms with E-state index in [1.807, 2.05) is 18.5 Å². The number of hydrogen-bond acceptors (Lipinski definition) is 1. The predicted molar refractivity (Wildman–Crippen MR) is 225 cm³/mol. The van der Waals surface area contributed by atoms with Gasteiger partial charge in [-0.15, -0.1) is 0 Å². The molecule has 0 aliphatic carbocycles. The smallest absolute Gasteiger partial charge is 0.0303 e. The van der Waals surface area contributed by atoms with Crippen molar-refractivity contribution in [3.05, 3.63) is 212 Å². The lowest BCUT2D eigenvalue weighted by Gasteiger charge is -2.19. The molecule has 0 saturated heterocycles. The van der Waals surface area contributed by atoms with Crippen LogP contribution in [-0.4, -0.2) is 4.98 Å². The molecule has 9 aromatic carbocycles. The second-order valence-electron chi connectivity index (χ2n) is 13.9. The van der Waals surface area contributed by atoms with E-state index in [4.69, 9.17) is 0 Å². The first-order valence-electron chi connectivity index (χ1n) is 18.3. The normalized spacial score (nSPS) is 11.5. The summed E-state index contributed by atoms with van der Waals surface area (Å²) >= 11 is 0. The van der Waals surface area contributed by atoms with Crippen molar-refractivity contribution in [1.82, 2.24) is 4.98 Å². The van der Waals surface area contributed by atoms with E-state index in [1.54, 1.807) is 0 Å². The zero-order chi connectivity index (χ0) is 35.1. The molecule has 0 aliphatic rings. The van der Waals surface area contributed by atoms with Crippen LogP contribution in [0.15, 0.2) is 200 Å². The molecule has 10 rings (SSSR count). The molecule has 0 bridgehead atoms. The lowest BCUT2D eigenvalue weighted by atomic mass is 9.84. The number of pyridine rings is 1. The molecule has 0 aliphatic heterocycles. The largest absolute Gasteiger partial charge is 0.264 e. The van der Waals surface area contributed by atoms with E-state index in [0.717, 1.165) is 6.42 Å². The summed E-state index contributed by atoms with van der Waals surface area (Å²) in [6.07, 6.45) is 4.64. The summed E-state index contributed by atoms with van der Waals surface area (Å²) in [6, 6.07) is 69.0. The van der Waals surface area contributed by atoms with Gasteiger partial charge in [-0.3, -0.25) is 4.98 Å². The molecule has 0 unspecified atom stereocenters. The highest BCUT2D eigenvalue weighted by Gasteiger charge is 2.18. The van der Waals surface area contributed by atoms with Gasteiger partial charge in [0.1, 0.15) is 0 Å². The van der Waals surface area contributed by atoms with E-state index < -0.39 is 0 Å². The molecule has 10 aromatic rings. The molecule has 1 heteroatoms. The van der Waals surface area contributed by atoms with Gasteiger partial charge in [-0.05, 0) is 111 Å². The Hall–Kier alpha value is -6.83. The molecule has 0 amide bonds. The van der Waals surface area contributed by atoms with Gasteiger partial charge < -0.3 is 0 Å². The van der Waals surface area contributed by atoms with E-state index in [1.165, 1.54) is 98.7 Å². The molecule has 0 fully saturated rings. The average molecular weight is 674 g/mol. The van der Waals surface area contributed by atoms with Crippen LogP contribution < -0.4 is 0 Å². The van der Waals surface area contributed by atoms with E-state index in [0.29, 0.717) is 0 Å². The third kappa shape index (κ3) is 5.55. The van der Waals surface area contributed by atoms with Crippen LogP contribution in [0.1, 0.15) is 11.1 Å². The molecule has 248 valence electrons. The number of rotatable bonds is 6. The summed E-state index contributed by atoms with van der Waals surface area (Å²) in [4.78, 5) is 4.40. The molecular formula is C52H35N. The van der Waals surface area contributed by atoms with E-state index in [2.05, 4.69) is 187 Å². The third-order valence-corrected chi connectivity index (χ3v) is 10.8. The average Bonchev–Trinajstić information content (AvgIpc) is 3.23. The maximum absolute atomic E-state index is 4.40. The van der Waals surface area contributed by atoms with Crippen molar-refractivity contribution in [3.8, 4) is 44.5 Å². The van der Waals surface area contributed by atoms with Gasteiger partial charge in [-0.2, -0.15) is 0 Å². The van der Waals surface area contributed by atoms with Crippen molar-refractivity contribution in [2.75, 3.05) is 0 Å². The van der Waals surface area contributed by atoms with E-state index >= 15 is 0 Å². The fourth-order valence-electron chi connectivity index (χ4n) is 8.28. The highest BCUT2D eigenvalue weighted by atomic mass is 14.6. The molecule has 1 nitrogen and oxygen atoms in total. The minimum Gasteiger partial charge on any atom is -0.264 e. The van der Waals surface area contributed by atoms with Crippen LogP contribution in [0.5, 0.6) is 0 Å². The second-order valence-corrected chi connectivity index (χ2v) is 13.9. The first-order chi connectivity index (χ1) is 26.3. The maximum atomic E-state index is 4.40. The zero-order valence-electron chi connectivity index (χ0n) is 29.2. The van der Waals surface area contributed by atoms with Crippen LogP contribution in [-0.2, 0) is 6.42 Å². The Morgan fingerprint density at radius 1 is 0.321 bits per heavy atom. The van der Waals surface area contributed by atoms with E-state index in [-0.39, 0.29) is 0 Å². The van der Waals surface area contributed by atoms with Crippen LogP contribution in [0.4, 0.5) is 0 Å². The van der Waals surface area contributed by atoms with Gasteiger partial charge in [0.2, 0.25) is 0 Å². The fraction of sp³-hybridized carbons (Fsp3) is 0.0192. The number of hydrogen-bond donors (Lipinski definition) is 0. The fourth-order valence-corrected chi connectivity index (χ4v) is 8.28. The van der Waals surface area contributed by atoms with E-state index in [9.17, 15) is 0 Å². The van der Waals surface area contributed by atoms with Crippen molar-refractivity contribution in [3.63, 3.8) is 0 Å². The monoisotopic (exact) mass is 673 g/mol. The van der Waals surface area contributed by atoms with Crippen molar-refractivity contribution >= 4 is 43.1 Å². The third-order valence-electron chi connectivity index (χ3n) is 10.8.